The van der Waals surface area contributed by atoms with Crippen molar-refractivity contribution in [3.05, 3.63) is 0 Å². The Morgan fingerprint density at radius 3 is 2.17 bits per heavy atom. The normalized spacial score (nSPS) is 26.5. The summed E-state index contributed by atoms with van der Waals surface area (Å²) in [5, 5.41) is 0. The number of nitrogens with zero attached hydrogens (tertiary/aromatic N) is 2. The summed E-state index contributed by atoms with van der Waals surface area (Å²) in [5.41, 5.74) is 6.47. The predicted octanol–water partition coefficient (Wildman–Crippen LogP) is 1.78. The van der Waals surface area contributed by atoms with Crippen molar-refractivity contribution in [1.82, 2.24) is 9.80 Å². The molecule has 0 spiro atoms. The van der Waals surface area contributed by atoms with Gasteiger partial charge in [0.2, 0.25) is 0 Å². The molecule has 0 aromatic rings. The van der Waals surface area contributed by atoms with Gasteiger partial charge in [-0.3, -0.25) is 4.90 Å². The molecule has 0 aromatic carbocycles. The molecule has 1 saturated carbocycles. The maximum Gasteiger partial charge on any atom is 0.0358 e. The molecule has 106 valence electrons. The van der Waals surface area contributed by atoms with Crippen LogP contribution in [0.1, 0.15) is 40.0 Å². The highest BCUT2D eigenvalue weighted by atomic mass is 15.3. The van der Waals surface area contributed by atoms with Gasteiger partial charge in [-0.2, -0.15) is 0 Å². The Balaban J connectivity index is 1.91. The summed E-state index contributed by atoms with van der Waals surface area (Å²) < 4.78 is 0. The lowest BCUT2D eigenvalue weighted by Gasteiger charge is -2.48. The Kier molecular flexibility index (Phi) is 4.68. The average Bonchev–Trinajstić information content (AvgIpc) is 3.17. The molecule has 1 unspecified atom stereocenters. The fourth-order valence-corrected chi connectivity index (χ4v) is 3.72. The zero-order valence-electron chi connectivity index (χ0n) is 12.5. The molecular weight excluding hydrogens is 222 g/mol. The zero-order valence-corrected chi connectivity index (χ0v) is 12.5. The van der Waals surface area contributed by atoms with Gasteiger partial charge in [-0.25, -0.2) is 0 Å². The van der Waals surface area contributed by atoms with E-state index in [4.69, 9.17) is 5.73 Å². The molecule has 2 N–H and O–H groups in total. The third-order valence-electron chi connectivity index (χ3n) is 4.93. The summed E-state index contributed by atoms with van der Waals surface area (Å²) in [5.74, 6) is 1.66. The van der Waals surface area contributed by atoms with Crippen LogP contribution in [0.5, 0.6) is 0 Å². The van der Waals surface area contributed by atoms with Crippen LogP contribution in [0.15, 0.2) is 0 Å². The summed E-state index contributed by atoms with van der Waals surface area (Å²) in [6.45, 7) is 13.9. The third-order valence-corrected chi connectivity index (χ3v) is 4.93. The van der Waals surface area contributed by atoms with Crippen LogP contribution in [0.4, 0.5) is 0 Å². The summed E-state index contributed by atoms with van der Waals surface area (Å²) in [4.78, 5) is 5.33. The van der Waals surface area contributed by atoms with Crippen LogP contribution in [0.3, 0.4) is 0 Å². The number of piperazine rings is 1. The van der Waals surface area contributed by atoms with Crippen molar-refractivity contribution in [2.24, 2.45) is 17.6 Å². The second-order valence-electron chi connectivity index (χ2n) is 6.62. The van der Waals surface area contributed by atoms with Gasteiger partial charge in [0.05, 0.1) is 0 Å². The van der Waals surface area contributed by atoms with E-state index in [2.05, 4.69) is 30.6 Å². The fraction of sp³-hybridized carbons (Fsp3) is 1.00. The summed E-state index contributed by atoms with van der Waals surface area (Å²) in [6, 6.07) is 0. The molecule has 2 fully saturated rings. The summed E-state index contributed by atoms with van der Waals surface area (Å²) in [7, 11) is 0. The van der Waals surface area contributed by atoms with E-state index in [9.17, 15) is 0 Å². The zero-order chi connectivity index (χ0) is 13.2. The smallest absolute Gasteiger partial charge is 0.0358 e. The van der Waals surface area contributed by atoms with Crippen LogP contribution in [0, 0.1) is 11.8 Å². The maximum atomic E-state index is 6.15. The summed E-state index contributed by atoms with van der Waals surface area (Å²) >= 11 is 0. The molecule has 1 aliphatic carbocycles. The molecule has 0 aromatic heterocycles. The van der Waals surface area contributed by atoms with Gasteiger partial charge in [0.1, 0.15) is 0 Å². The van der Waals surface area contributed by atoms with E-state index >= 15 is 0 Å². The van der Waals surface area contributed by atoms with Crippen molar-refractivity contribution in [2.75, 3.05) is 39.3 Å². The minimum Gasteiger partial charge on any atom is -0.329 e. The molecule has 2 aliphatic rings. The Morgan fingerprint density at radius 1 is 1.17 bits per heavy atom. The van der Waals surface area contributed by atoms with Crippen LogP contribution in [-0.4, -0.2) is 54.6 Å². The van der Waals surface area contributed by atoms with Gasteiger partial charge >= 0.3 is 0 Å². The second-order valence-corrected chi connectivity index (χ2v) is 6.62. The molecule has 2 rings (SSSR count). The van der Waals surface area contributed by atoms with E-state index in [1.165, 1.54) is 52.0 Å². The number of hydrogen-bond acceptors (Lipinski definition) is 3. The Hall–Kier alpha value is -0.120. The minimum absolute atomic E-state index is 0.323. The van der Waals surface area contributed by atoms with Crippen LogP contribution >= 0.6 is 0 Å². The third kappa shape index (κ3) is 2.89. The first kappa shape index (κ1) is 14.3. The van der Waals surface area contributed by atoms with Gasteiger partial charge in [-0.15, -0.1) is 0 Å². The molecule has 1 heterocycles. The number of rotatable bonds is 6. The molecular formula is C15H31N3. The second kappa shape index (κ2) is 5.89. The average molecular weight is 253 g/mol. The predicted molar refractivity (Wildman–Crippen MR) is 77.7 cm³/mol. The minimum atomic E-state index is 0.323. The number of hydrogen-bond donors (Lipinski definition) is 1. The molecule has 1 saturated heterocycles. The molecule has 18 heavy (non-hydrogen) atoms. The molecule has 0 bridgehead atoms. The van der Waals surface area contributed by atoms with Crippen molar-refractivity contribution in [2.45, 2.75) is 45.6 Å². The Labute approximate surface area is 113 Å². The first-order chi connectivity index (χ1) is 8.62. The highest BCUT2D eigenvalue weighted by Crippen LogP contribution is 2.44. The highest BCUT2D eigenvalue weighted by molar-refractivity contribution is 5.03. The molecule has 1 atom stereocenters. The largest absolute Gasteiger partial charge is 0.329 e. The topological polar surface area (TPSA) is 32.5 Å². The van der Waals surface area contributed by atoms with E-state index in [1.807, 2.05) is 0 Å². The van der Waals surface area contributed by atoms with Crippen LogP contribution in [0.2, 0.25) is 0 Å². The first-order valence-corrected chi connectivity index (χ1v) is 7.80. The molecule has 0 amide bonds. The summed E-state index contributed by atoms with van der Waals surface area (Å²) in [6.07, 6.45) is 4.02. The monoisotopic (exact) mass is 253 g/mol. The van der Waals surface area contributed by atoms with Crippen LogP contribution < -0.4 is 5.73 Å². The van der Waals surface area contributed by atoms with Gasteiger partial charge in [0.15, 0.2) is 0 Å². The molecule has 1 aliphatic heterocycles. The van der Waals surface area contributed by atoms with E-state index in [1.54, 1.807) is 0 Å². The van der Waals surface area contributed by atoms with E-state index in [0.29, 0.717) is 5.54 Å². The quantitative estimate of drug-likeness (QED) is 0.783. The van der Waals surface area contributed by atoms with Gasteiger partial charge in [0.25, 0.3) is 0 Å². The van der Waals surface area contributed by atoms with Gasteiger partial charge < -0.3 is 10.6 Å². The van der Waals surface area contributed by atoms with E-state index in [-0.39, 0.29) is 0 Å². The van der Waals surface area contributed by atoms with Gasteiger partial charge in [0, 0.05) is 44.8 Å². The highest BCUT2D eigenvalue weighted by Gasteiger charge is 2.47. The van der Waals surface area contributed by atoms with E-state index < -0.39 is 0 Å². The maximum absolute atomic E-state index is 6.15. The van der Waals surface area contributed by atoms with Crippen molar-refractivity contribution in [1.29, 1.82) is 0 Å². The Morgan fingerprint density at radius 2 is 1.78 bits per heavy atom. The molecule has 0 radical (unpaired) electrons. The molecule has 3 nitrogen and oxygen atoms in total. The standard InChI is InChI=1S/C15H31N3/c1-4-15(12-16,14-5-6-14)18-9-7-17(8-10-18)11-13(2)3/h13-14H,4-12,16H2,1-3H3. The lowest BCUT2D eigenvalue weighted by molar-refractivity contribution is 0.0164. The lowest BCUT2D eigenvalue weighted by Crippen LogP contribution is -2.61. The SMILES string of the molecule is CCC(CN)(C1CC1)N1CCN(CC(C)C)CC1. The van der Waals surface area contributed by atoms with Gasteiger partial charge in [-0.1, -0.05) is 20.8 Å². The van der Waals surface area contributed by atoms with Crippen molar-refractivity contribution < 1.29 is 0 Å². The van der Waals surface area contributed by atoms with Crippen molar-refractivity contribution in [3.63, 3.8) is 0 Å². The van der Waals surface area contributed by atoms with Crippen molar-refractivity contribution >= 4 is 0 Å². The van der Waals surface area contributed by atoms with Crippen LogP contribution in [-0.2, 0) is 0 Å². The van der Waals surface area contributed by atoms with E-state index in [0.717, 1.165) is 18.4 Å². The fourth-order valence-electron chi connectivity index (χ4n) is 3.72. The Bertz CT molecular complexity index is 248. The molecule has 3 heteroatoms. The van der Waals surface area contributed by atoms with Gasteiger partial charge in [-0.05, 0) is 31.1 Å². The van der Waals surface area contributed by atoms with Crippen molar-refractivity contribution in [3.8, 4) is 0 Å². The first-order valence-electron chi connectivity index (χ1n) is 7.80. The number of nitrogens with two attached hydrogens (primary N) is 1. The lowest BCUT2D eigenvalue weighted by atomic mass is 9.87. The van der Waals surface area contributed by atoms with Crippen LogP contribution in [0.25, 0.3) is 0 Å².